The Morgan fingerprint density at radius 2 is 1.95 bits per heavy atom. The van der Waals surface area contributed by atoms with Gasteiger partial charge in [-0.15, -0.1) is 0 Å². The number of benzene rings is 2. The van der Waals surface area contributed by atoms with Crippen LogP contribution in [0.4, 0.5) is 20.2 Å². The summed E-state index contributed by atoms with van der Waals surface area (Å²) in [6.45, 7) is 0.137. The molecule has 0 saturated carbocycles. The Kier molecular flexibility index (Phi) is 3.84. The number of nitrogen functional groups attached to an aromatic ring is 1. The van der Waals surface area contributed by atoms with E-state index in [9.17, 15) is 13.6 Å². The molecule has 0 aliphatic heterocycles. The van der Waals surface area contributed by atoms with Crippen LogP contribution in [0.25, 0.3) is 0 Å². The van der Waals surface area contributed by atoms with E-state index in [1.54, 1.807) is 0 Å². The van der Waals surface area contributed by atoms with Crippen LogP contribution in [0.2, 0.25) is 0 Å². The molecular weight excluding hydrogens is 266 g/mol. The Hall–Kier alpha value is -2.63. The van der Waals surface area contributed by atoms with Crippen LogP contribution in [0.15, 0.2) is 36.4 Å². The molecule has 4 N–H and O–H groups in total. The normalized spacial score (nSPS) is 10.3. The highest BCUT2D eigenvalue weighted by Gasteiger charge is 2.08. The molecule has 20 heavy (non-hydrogen) atoms. The van der Waals surface area contributed by atoms with Crippen LogP contribution in [0.1, 0.15) is 15.9 Å². The number of carbonyl (C=O) groups is 1. The molecule has 0 radical (unpaired) electrons. The van der Waals surface area contributed by atoms with E-state index in [0.717, 1.165) is 6.07 Å². The molecule has 0 aliphatic carbocycles. The molecule has 0 aliphatic rings. The van der Waals surface area contributed by atoms with Crippen molar-refractivity contribution >= 4 is 17.3 Å². The summed E-state index contributed by atoms with van der Waals surface area (Å²) < 4.78 is 26.2. The number of carboxylic acids is 1. The fraction of sp³-hybridized carbons (Fsp3) is 0.0714. The van der Waals surface area contributed by atoms with Crippen LogP contribution in [0.5, 0.6) is 0 Å². The third-order valence-corrected chi connectivity index (χ3v) is 2.78. The van der Waals surface area contributed by atoms with Crippen molar-refractivity contribution in [2.45, 2.75) is 6.54 Å². The fourth-order valence-corrected chi connectivity index (χ4v) is 1.73. The van der Waals surface area contributed by atoms with Crippen molar-refractivity contribution < 1.29 is 18.7 Å². The Balaban J connectivity index is 2.11. The van der Waals surface area contributed by atoms with Gasteiger partial charge in [0.25, 0.3) is 0 Å². The lowest BCUT2D eigenvalue weighted by molar-refractivity contribution is 0.0698. The van der Waals surface area contributed by atoms with Crippen LogP contribution in [-0.4, -0.2) is 11.1 Å². The Bertz CT molecular complexity index is 660. The molecule has 0 fully saturated rings. The van der Waals surface area contributed by atoms with Gasteiger partial charge in [-0.3, -0.25) is 0 Å². The van der Waals surface area contributed by atoms with Gasteiger partial charge in [0.2, 0.25) is 0 Å². The minimum atomic E-state index is -1.11. The van der Waals surface area contributed by atoms with Gasteiger partial charge in [-0.05, 0) is 24.3 Å². The van der Waals surface area contributed by atoms with Crippen LogP contribution < -0.4 is 11.1 Å². The van der Waals surface area contributed by atoms with Crippen LogP contribution in [-0.2, 0) is 6.54 Å². The van der Waals surface area contributed by atoms with Crippen molar-refractivity contribution in [1.29, 1.82) is 0 Å². The summed E-state index contributed by atoms with van der Waals surface area (Å²) in [5, 5.41) is 11.7. The van der Waals surface area contributed by atoms with Gasteiger partial charge in [0.1, 0.15) is 11.6 Å². The molecule has 0 heterocycles. The molecule has 4 nitrogen and oxygen atoms in total. The van der Waals surface area contributed by atoms with Crippen molar-refractivity contribution in [1.82, 2.24) is 0 Å². The minimum Gasteiger partial charge on any atom is -0.478 e. The highest BCUT2D eigenvalue weighted by molar-refractivity contribution is 5.94. The van der Waals surface area contributed by atoms with Gasteiger partial charge in [-0.2, -0.15) is 0 Å². The maximum absolute atomic E-state index is 13.4. The molecule has 0 bridgehead atoms. The summed E-state index contributed by atoms with van der Waals surface area (Å²) in [7, 11) is 0. The van der Waals surface area contributed by atoms with E-state index in [0.29, 0.717) is 11.3 Å². The second-order valence-electron chi connectivity index (χ2n) is 4.20. The summed E-state index contributed by atoms with van der Waals surface area (Å²) in [5.41, 5.74) is 6.56. The first-order valence-electron chi connectivity index (χ1n) is 5.78. The summed E-state index contributed by atoms with van der Waals surface area (Å²) in [6.07, 6.45) is 0. The number of rotatable bonds is 4. The van der Waals surface area contributed by atoms with Crippen molar-refractivity contribution in [3.05, 3.63) is 59.2 Å². The molecule has 2 aromatic carbocycles. The Morgan fingerprint density at radius 3 is 2.55 bits per heavy atom. The van der Waals surface area contributed by atoms with Gasteiger partial charge in [-0.25, -0.2) is 13.6 Å². The zero-order chi connectivity index (χ0) is 14.7. The van der Waals surface area contributed by atoms with Crippen molar-refractivity contribution in [2.24, 2.45) is 0 Å². The zero-order valence-corrected chi connectivity index (χ0v) is 10.4. The maximum atomic E-state index is 13.4. The number of nitrogens with one attached hydrogen (secondary N) is 1. The summed E-state index contributed by atoms with van der Waals surface area (Å²) in [6, 6.07) is 7.65. The number of halogens is 2. The molecule has 6 heteroatoms. The third-order valence-electron chi connectivity index (χ3n) is 2.78. The second kappa shape index (κ2) is 5.56. The largest absolute Gasteiger partial charge is 0.478 e. The van der Waals surface area contributed by atoms with E-state index in [1.165, 1.54) is 30.3 Å². The predicted octanol–water partition coefficient (Wildman–Crippen LogP) is 2.86. The zero-order valence-electron chi connectivity index (χ0n) is 10.4. The number of anilines is 2. The smallest absolute Gasteiger partial charge is 0.337 e. The Labute approximate surface area is 113 Å². The highest BCUT2D eigenvalue weighted by atomic mass is 19.1. The van der Waals surface area contributed by atoms with E-state index >= 15 is 0 Å². The average Bonchev–Trinajstić information content (AvgIpc) is 2.37. The molecule has 0 aromatic heterocycles. The second-order valence-corrected chi connectivity index (χ2v) is 4.20. The van der Waals surface area contributed by atoms with E-state index < -0.39 is 17.6 Å². The molecule has 0 spiro atoms. The monoisotopic (exact) mass is 278 g/mol. The molecular formula is C14H12F2N2O2. The van der Waals surface area contributed by atoms with Crippen LogP contribution in [0.3, 0.4) is 0 Å². The van der Waals surface area contributed by atoms with Gasteiger partial charge in [0.15, 0.2) is 0 Å². The van der Waals surface area contributed by atoms with Gasteiger partial charge in [-0.1, -0.05) is 6.07 Å². The highest BCUT2D eigenvalue weighted by Crippen LogP contribution is 2.19. The first kappa shape index (κ1) is 13.8. The number of carboxylic acid groups (broad SMARTS) is 1. The first-order valence-corrected chi connectivity index (χ1v) is 5.78. The van der Waals surface area contributed by atoms with Crippen molar-refractivity contribution in [3.63, 3.8) is 0 Å². The molecule has 0 atom stereocenters. The number of aromatic carboxylic acids is 1. The number of hydrogen-bond donors (Lipinski definition) is 3. The lowest BCUT2D eigenvalue weighted by atomic mass is 10.1. The van der Waals surface area contributed by atoms with Crippen molar-refractivity contribution in [2.75, 3.05) is 11.1 Å². The van der Waals surface area contributed by atoms with Gasteiger partial charge in [0, 0.05) is 29.5 Å². The lowest BCUT2D eigenvalue weighted by Crippen LogP contribution is -2.05. The lowest BCUT2D eigenvalue weighted by Gasteiger charge is -2.09. The summed E-state index contributed by atoms with van der Waals surface area (Å²) in [4.78, 5) is 10.8. The molecule has 2 aromatic rings. The molecule has 0 unspecified atom stereocenters. The topological polar surface area (TPSA) is 75.3 Å². The fourth-order valence-electron chi connectivity index (χ4n) is 1.73. The van der Waals surface area contributed by atoms with Crippen molar-refractivity contribution in [3.8, 4) is 0 Å². The van der Waals surface area contributed by atoms with E-state index in [-0.39, 0.29) is 17.8 Å². The standard InChI is InChI=1S/C14H12F2N2O2/c15-9-2-1-8(12(16)5-9)7-18-10-3-4-11(14(19)20)13(17)6-10/h1-6,18H,7,17H2,(H,19,20). The Morgan fingerprint density at radius 1 is 1.20 bits per heavy atom. The molecule has 0 saturated heterocycles. The number of nitrogens with two attached hydrogens (primary N) is 1. The SMILES string of the molecule is Nc1cc(NCc2ccc(F)cc2F)ccc1C(=O)O. The van der Waals surface area contributed by atoms with E-state index in [4.69, 9.17) is 10.8 Å². The maximum Gasteiger partial charge on any atom is 0.337 e. The van der Waals surface area contributed by atoms with E-state index in [2.05, 4.69) is 5.32 Å². The van der Waals surface area contributed by atoms with Crippen LogP contribution >= 0.6 is 0 Å². The predicted molar refractivity (Wildman–Crippen MR) is 71.5 cm³/mol. The van der Waals surface area contributed by atoms with Gasteiger partial charge in [0.05, 0.1) is 5.56 Å². The number of hydrogen-bond acceptors (Lipinski definition) is 3. The van der Waals surface area contributed by atoms with E-state index in [1.807, 2.05) is 0 Å². The molecule has 0 amide bonds. The van der Waals surface area contributed by atoms with Gasteiger partial charge >= 0.3 is 5.97 Å². The van der Waals surface area contributed by atoms with Crippen LogP contribution in [0, 0.1) is 11.6 Å². The summed E-state index contributed by atoms with van der Waals surface area (Å²) in [5.74, 6) is -2.40. The molecule has 104 valence electrons. The first-order chi connectivity index (χ1) is 9.47. The third kappa shape index (κ3) is 3.03. The van der Waals surface area contributed by atoms with Gasteiger partial charge < -0.3 is 16.2 Å². The average molecular weight is 278 g/mol. The summed E-state index contributed by atoms with van der Waals surface area (Å²) >= 11 is 0. The quantitative estimate of drug-likeness (QED) is 0.752. The minimum absolute atomic E-state index is 0.00325. The molecule has 2 rings (SSSR count).